The van der Waals surface area contributed by atoms with Crippen molar-refractivity contribution in [2.75, 3.05) is 30.4 Å². The van der Waals surface area contributed by atoms with E-state index in [1.807, 2.05) is 0 Å². The van der Waals surface area contributed by atoms with Gasteiger partial charge in [0.05, 0.1) is 10.5 Å². The first-order valence-electron chi connectivity index (χ1n) is 9.24. The van der Waals surface area contributed by atoms with Gasteiger partial charge < -0.3 is 15.5 Å². The predicted molar refractivity (Wildman–Crippen MR) is 112 cm³/mol. The Hall–Kier alpha value is -4.07. The topological polar surface area (TPSA) is 105 Å². The molecule has 0 atom stereocenters. The van der Waals surface area contributed by atoms with Crippen LogP contribution in [0.1, 0.15) is 17.5 Å². The lowest BCUT2D eigenvalue weighted by atomic mass is 10.1. The van der Waals surface area contributed by atoms with Crippen LogP contribution >= 0.6 is 0 Å². The van der Waals surface area contributed by atoms with Crippen molar-refractivity contribution < 1.29 is 27.7 Å². The van der Waals surface area contributed by atoms with Crippen molar-refractivity contribution in [1.29, 1.82) is 0 Å². The fraction of sp³-hybridized carbons (Fsp3) is 0.238. The summed E-state index contributed by atoms with van der Waals surface area (Å²) in [5.74, 6) is 1.50. The second kappa shape index (κ2) is 10.3. The molecule has 8 nitrogen and oxygen atoms in total. The monoisotopic (exact) mass is 448 g/mol. The zero-order valence-electron chi connectivity index (χ0n) is 16.9. The van der Waals surface area contributed by atoms with Crippen LogP contribution in [-0.2, 0) is 15.8 Å². The van der Waals surface area contributed by atoms with Gasteiger partial charge in [0.2, 0.25) is 11.8 Å². The lowest BCUT2D eigenvalue weighted by Crippen LogP contribution is -2.40. The third-order valence-electron chi connectivity index (χ3n) is 4.38. The Balaban J connectivity index is 2.17. The van der Waals surface area contributed by atoms with Gasteiger partial charge in [0.15, 0.2) is 0 Å². The molecule has 0 saturated heterocycles. The van der Waals surface area contributed by atoms with Crippen LogP contribution in [-0.4, -0.2) is 36.9 Å². The predicted octanol–water partition coefficient (Wildman–Crippen LogP) is 3.18. The third kappa shape index (κ3) is 6.21. The first kappa shape index (κ1) is 24.2. The Morgan fingerprint density at radius 1 is 1.22 bits per heavy atom. The van der Waals surface area contributed by atoms with Crippen LogP contribution in [0.3, 0.4) is 0 Å². The summed E-state index contributed by atoms with van der Waals surface area (Å²) in [7, 11) is 1.41. The molecule has 0 unspecified atom stereocenters. The molecule has 0 aromatic heterocycles. The van der Waals surface area contributed by atoms with Gasteiger partial charge in [-0.25, -0.2) is 0 Å². The summed E-state index contributed by atoms with van der Waals surface area (Å²) in [4.78, 5) is 36.0. The van der Waals surface area contributed by atoms with Crippen molar-refractivity contribution in [2.45, 2.75) is 12.6 Å². The molecule has 0 heterocycles. The normalized spacial score (nSPS) is 10.7. The molecule has 0 aliphatic heterocycles. The minimum Gasteiger partial charge on any atom is -0.379 e. The Morgan fingerprint density at radius 2 is 1.94 bits per heavy atom. The van der Waals surface area contributed by atoms with E-state index < -0.39 is 34.2 Å². The van der Waals surface area contributed by atoms with Gasteiger partial charge in [-0.15, -0.1) is 6.42 Å². The number of amides is 2. The van der Waals surface area contributed by atoms with Gasteiger partial charge in [-0.05, 0) is 30.3 Å². The number of carbonyl (C=O) groups is 2. The highest BCUT2D eigenvalue weighted by Crippen LogP contribution is 2.35. The van der Waals surface area contributed by atoms with Crippen molar-refractivity contribution >= 4 is 28.9 Å². The van der Waals surface area contributed by atoms with Gasteiger partial charge in [-0.1, -0.05) is 12.0 Å². The number of rotatable bonds is 8. The van der Waals surface area contributed by atoms with Crippen molar-refractivity contribution in [3.8, 4) is 12.3 Å². The Kier molecular flexibility index (Phi) is 7.79. The van der Waals surface area contributed by atoms with Gasteiger partial charge in [-0.3, -0.25) is 19.7 Å². The van der Waals surface area contributed by atoms with Crippen LogP contribution in [0, 0.1) is 22.5 Å². The lowest BCUT2D eigenvalue weighted by Gasteiger charge is -2.22. The van der Waals surface area contributed by atoms with E-state index in [1.165, 1.54) is 11.9 Å². The van der Waals surface area contributed by atoms with E-state index in [0.29, 0.717) is 23.4 Å². The highest BCUT2D eigenvalue weighted by molar-refractivity contribution is 5.99. The van der Waals surface area contributed by atoms with Gasteiger partial charge in [0, 0.05) is 37.3 Å². The molecule has 0 fully saturated rings. The fourth-order valence-corrected chi connectivity index (χ4v) is 2.76. The number of nitrogens with zero attached hydrogens (tertiary/aromatic N) is 2. The van der Waals surface area contributed by atoms with Crippen LogP contribution < -0.4 is 15.5 Å². The van der Waals surface area contributed by atoms with Gasteiger partial charge in [-0.2, -0.15) is 13.2 Å². The molecule has 32 heavy (non-hydrogen) atoms. The first-order valence-corrected chi connectivity index (χ1v) is 9.24. The SMILES string of the molecule is C#Cc1cccc(N(CC(=O)NC)C(=O)CCNc2ccc(C(F)(F)F)cc2[N+](=O)[O-])c1. The van der Waals surface area contributed by atoms with Crippen LogP contribution in [0.5, 0.6) is 0 Å². The number of hydrogen-bond donors (Lipinski definition) is 2. The molecule has 0 bridgehead atoms. The van der Waals surface area contributed by atoms with E-state index in [1.54, 1.807) is 24.3 Å². The molecule has 0 saturated carbocycles. The maximum atomic E-state index is 12.8. The average Bonchev–Trinajstić information content (AvgIpc) is 2.76. The molecule has 2 rings (SSSR count). The van der Waals surface area contributed by atoms with Crippen LogP contribution in [0.25, 0.3) is 0 Å². The second-order valence-electron chi connectivity index (χ2n) is 6.51. The zero-order chi connectivity index (χ0) is 23.9. The summed E-state index contributed by atoms with van der Waals surface area (Å²) in [6.45, 7) is -0.409. The number of benzene rings is 2. The van der Waals surface area contributed by atoms with Gasteiger partial charge in [0.1, 0.15) is 12.2 Å². The van der Waals surface area contributed by atoms with Crippen molar-refractivity contribution in [3.05, 3.63) is 63.7 Å². The number of alkyl halides is 3. The van der Waals surface area contributed by atoms with E-state index in [4.69, 9.17) is 6.42 Å². The van der Waals surface area contributed by atoms with E-state index in [9.17, 15) is 32.9 Å². The number of terminal acetylenes is 1. The minimum atomic E-state index is -4.73. The number of halogens is 3. The van der Waals surface area contributed by atoms with Crippen molar-refractivity contribution in [2.24, 2.45) is 0 Å². The summed E-state index contributed by atoms with van der Waals surface area (Å²) in [5.41, 5.74) is -1.21. The third-order valence-corrected chi connectivity index (χ3v) is 4.38. The highest BCUT2D eigenvalue weighted by atomic mass is 19.4. The standard InChI is InChI=1S/C21H19F3N4O4/c1-3-14-5-4-6-16(11-14)27(13-19(29)25-2)20(30)9-10-26-17-8-7-15(21(22,23)24)12-18(17)28(31)32/h1,4-8,11-12,26H,9-10,13H2,2H3,(H,25,29). The number of nitro groups is 1. The summed E-state index contributed by atoms with van der Waals surface area (Å²) in [6, 6.07) is 8.48. The maximum absolute atomic E-state index is 12.8. The first-order chi connectivity index (χ1) is 15.1. The van der Waals surface area contributed by atoms with Gasteiger partial charge in [0.25, 0.3) is 5.69 Å². The molecule has 0 aliphatic rings. The number of nitrogens with one attached hydrogen (secondary N) is 2. The molecular weight excluding hydrogens is 429 g/mol. The van der Waals surface area contributed by atoms with Gasteiger partial charge >= 0.3 is 6.18 Å². The van der Waals surface area contributed by atoms with Crippen LogP contribution in [0.15, 0.2) is 42.5 Å². The summed E-state index contributed by atoms with van der Waals surface area (Å²) < 4.78 is 38.5. The van der Waals surface area contributed by atoms with Crippen molar-refractivity contribution in [3.63, 3.8) is 0 Å². The number of anilines is 2. The quantitative estimate of drug-likeness (QED) is 0.367. The molecule has 168 valence electrons. The minimum absolute atomic E-state index is 0.121. The summed E-state index contributed by atoms with van der Waals surface area (Å²) in [5, 5.41) is 16.2. The Labute approximate surface area is 181 Å². The van der Waals surface area contributed by atoms with Crippen LogP contribution in [0.4, 0.5) is 30.2 Å². The van der Waals surface area contributed by atoms with Crippen molar-refractivity contribution in [1.82, 2.24) is 5.32 Å². The smallest absolute Gasteiger partial charge is 0.379 e. The van der Waals surface area contributed by atoms with Crippen LogP contribution in [0.2, 0.25) is 0 Å². The average molecular weight is 448 g/mol. The number of likely N-dealkylation sites (N-methyl/N-ethyl adjacent to an activating group) is 1. The highest BCUT2D eigenvalue weighted by Gasteiger charge is 2.33. The summed E-state index contributed by atoms with van der Waals surface area (Å²) in [6.07, 6.45) is 0.446. The van der Waals surface area contributed by atoms with E-state index in [-0.39, 0.29) is 25.2 Å². The molecule has 0 spiro atoms. The van der Waals surface area contributed by atoms with E-state index in [2.05, 4.69) is 16.6 Å². The number of carbonyl (C=O) groups excluding carboxylic acids is 2. The van der Waals surface area contributed by atoms with E-state index >= 15 is 0 Å². The molecule has 0 aliphatic carbocycles. The zero-order valence-corrected chi connectivity index (χ0v) is 16.9. The van der Waals surface area contributed by atoms with E-state index in [0.717, 1.165) is 6.07 Å². The fourth-order valence-electron chi connectivity index (χ4n) is 2.76. The largest absolute Gasteiger partial charge is 0.416 e. The molecule has 2 aromatic carbocycles. The second-order valence-corrected chi connectivity index (χ2v) is 6.51. The Morgan fingerprint density at radius 3 is 2.53 bits per heavy atom. The molecule has 2 aromatic rings. The molecule has 0 radical (unpaired) electrons. The molecule has 11 heteroatoms. The maximum Gasteiger partial charge on any atom is 0.416 e. The number of hydrogen-bond acceptors (Lipinski definition) is 5. The lowest BCUT2D eigenvalue weighted by molar-refractivity contribution is -0.384. The molecule has 2 amide bonds. The molecular formula is C21H19F3N4O4. The summed E-state index contributed by atoms with van der Waals surface area (Å²) >= 11 is 0. The molecule has 2 N–H and O–H groups in total. The number of nitro benzene ring substituents is 1. The Bertz CT molecular complexity index is 1060.